The zero-order valence-corrected chi connectivity index (χ0v) is 14.8. The first-order valence-electron chi connectivity index (χ1n) is 7.36. The zero-order chi connectivity index (χ0) is 16.5. The number of hydrogen-bond donors (Lipinski definition) is 2. The number of carbonyl (C=O) groups is 1. The summed E-state index contributed by atoms with van der Waals surface area (Å²) in [5.74, 6) is 1.12. The maximum atomic E-state index is 11.7. The normalized spacial score (nSPS) is 10.3. The van der Waals surface area contributed by atoms with Gasteiger partial charge >= 0.3 is 0 Å². The van der Waals surface area contributed by atoms with Gasteiger partial charge in [0.15, 0.2) is 4.34 Å². The Labute approximate surface area is 144 Å². The maximum Gasteiger partial charge on any atom is 0.230 e. The molecule has 1 amide bonds. The molecule has 1 heterocycles. The number of amides is 1. The van der Waals surface area contributed by atoms with Crippen LogP contribution in [-0.4, -0.2) is 35.5 Å². The summed E-state index contributed by atoms with van der Waals surface area (Å²) >= 11 is 2.80. The minimum Gasteiger partial charge on any atom is -0.495 e. The zero-order valence-electron chi connectivity index (χ0n) is 13.2. The van der Waals surface area contributed by atoms with Crippen molar-refractivity contribution in [1.29, 1.82) is 0 Å². The van der Waals surface area contributed by atoms with Gasteiger partial charge in [0, 0.05) is 6.54 Å². The Balaban J connectivity index is 1.85. The molecule has 0 fully saturated rings. The summed E-state index contributed by atoms with van der Waals surface area (Å²) in [4.78, 5) is 11.7. The van der Waals surface area contributed by atoms with E-state index in [0.29, 0.717) is 10.9 Å². The highest BCUT2D eigenvalue weighted by Gasteiger charge is 2.09. The van der Waals surface area contributed by atoms with Crippen molar-refractivity contribution in [1.82, 2.24) is 15.5 Å². The van der Waals surface area contributed by atoms with Gasteiger partial charge in [0.05, 0.1) is 18.6 Å². The first-order valence-corrected chi connectivity index (χ1v) is 9.16. The van der Waals surface area contributed by atoms with Crippen LogP contribution in [0.25, 0.3) is 0 Å². The van der Waals surface area contributed by atoms with E-state index in [1.807, 2.05) is 24.3 Å². The topological polar surface area (TPSA) is 76.1 Å². The number of nitrogens with one attached hydrogen (secondary N) is 2. The molecule has 23 heavy (non-hydrogen) atoms. The number of anilines is 2. The van der Waals surface area contributed by atoms with Gasteiger partial charge in [0.1, 0.15) is 5.75 Å². The van der Waals surface area contributed by atoms with Gasteiger partial charge in [-0.25, -0.2) is 0 Å². The van der Waals surface area contributed by atoms with Gasteiger partial charge in [0.25, 0.3) is 0 Å². The average Bonchev–Trinajstić information content (AvgIpc) is 3.01. The second-order valence-electron chi connectivity index (χ2n) is 4.69. The molecule has 0 saturated carbocycles. The smallest absolute Gasteiger partial charge is 0.230 e. The van der Waals surface area contributed by atoms with Crippen LogP contribution < -0.4 is 15.4 Å². The molecule has 124 valence electrons. The van der Waals surface area contributed by atoms with E-state index in [-0.39, 0.29) is 5.91 Å². The second-order valence-corrected chi connectivity index (χ2v) is 6.89. The molecule has 0 aliphatic rings. The van der Waals surface area contributed by atoms with Crippen LogP contribution in [0.15, 0.2) is 28.6 Å². The summed E-state index contributed by atoms with van der Waals surface area (Å²) < 4.78 is 6.04. The number of rotatable bonds is 9. The first-order chi connectivity index (χ1) is 11.2. The lowest BCUT2D eigenvalue weighted by Gasteiger charge is -2.07. The van der Waals surface area contributed by atoms with Crippen molar-refractivity contribution < 1.29 is 9.53 Å². The summed E-state index contributed by atoms with van der Waals surface area (Å²) in [7, 11) is 1.62. The number of benzene rings is 1. The van der Waals surface area contributed by atoms with Crippen LogP contribution in [0.5, 0.6) is 5.75 Å². The Morgan fingerprint density at radius 3 is 2.96 bits per heavy atom. The van der Waals surface area contributed by atoms with Gasteiger partial charge in [-0.3, -0.25) is 4.79 Å². The van der Waals surface area contributed by atoms with Crippen molar-refractivity contribution in [2.75, 3.05) is 24.7 Å². The number of carbonyl (C=O) groups excluding carboxylic acids is 1. The third-order valence-electron chi connectivity index (χ3n) is 2.93. The predicted octanol–water partition coefficient (Wildman–Crippen LogP) is 3.30. The quantitative estimate of drug-likeness (QED) is 0.533. The number of thioether (sulfide) groups is 1. The van der Waals surface area contributed by atoms with Gasteiger partial charge in [-0.15, -0.1) is 10.2 Å². The van der Waals surface area contributed by atoms with Gasteiger partial charge in [-0.1, -0.05) is 48.6 Å². The van der Waals surface area contributed by atoms with Crippen molar-refractivity contribution in [3.05, 3.63) is 24.3 Å². The molecule has 8 heteroatoms. The molecule has 0 radical (unpaired) electrons. The van der Waals surface area contributed by atoms with E-state index >= 15 is 0 Å². The summed E-state index contributed by atoms with van der Waals surface area (Å²) in [5, 5.41) is 14.9. The molecule has 2 N–H and O–H groups in total. The fourth-order valence-electron chi connectivity index (χ4n) is 1.76. The minimum absolute atomic E-state index is 0.0258. The van der Waals surface area contributed by atoms with E-state index in [0.717, 1.165) is 35.2 Å². The third kappa shape index (κ3) is 5.72. The highest BCUT2D eigenvalue weighted by atomic mass is 32.2. The second kappa shape index (κ2) is 9.36. The van der Waals surface area contributed by atoms with Crippen molar-refractivity contribution in [2.45, 2.75) is 24.1 Å². The molecule has 2 aromatic rings. The molecule has 0 bridgehead atoms. The van der Waals surface area contributed by atoms with Gasteiger partial charge in [-0.2, -0.15) is 0 Å². The summed E-state index contributed by atoms with van der Waals surface area (Å²) in [5.41, 5.74) is 0.833. The minimum atomic E-state index is 0.0258. The molecule has 0 saturated heterocycles. The number of para-hydroxylation sites is 2. The van der Waals surface area contributed by atoms with Gasteiger partial charge in [0.2, 0.25) is 11.0 Å². The van der Waals surface area contributed by atoms with Crippen LogP contribution in [0.4, 0.5) is 10.8 Å². The Bertz CT molecular complexity index is 633. The number of aromatic nitrogens is 2. The highest BCUT2D eigenvalue weighted by Crippen LogP contribution is 2.31. The number of hydrogen-bond acceptors (Lipinski definition) is 7. The predicted molar refractivity (Wildman–Crippen MR) is 94.8 cm³/mol. The molecule has 1 aromatic carbocycles. The van der Waals surface area contributed by atoms with Crippen LogP contribution in [0.1, 0.15) is 19.8 Å². The van der Waals surface area contributed by atoms with Gasteiger partial charge < -0.3 is 15.4 Å². The van der Waals surface area contributed by atoms with Crippen LogP contribution in [-0.2, 0) is 4.79 Å². The van der Waals surface area contributed by atoms with E-state index in [1.54, 1.807) is 7.11 Å². The molecular formula is C15H20N4O2S2. The highest BCUT2D eigenvalue weighted by molar-refractivity contribution is 8.01. The van der Waals surface area contributed by atoms with E-state index in [4.69, 9.17) is 4.74 Å². The fourth-order valence-corrected chi connectivity index (χ4v) is 3.36. The van der Waals surface area contributed by atoms with E-state index in [2.05, 4.69) is 27.8 Å². The molecule has 1 aromatic heterocycles. The molecule has 0 aliphatic heterocycles. The van der Waals surface area contributed by atoms with Crippen molar-refractivity contribution in [3.8, 4) is 5.75 Å². The molecule has 0 aliphatic carbocycles. The molecule has 2 rings (SSSR count). The summed E-state index contributed by atoms with van der Waals surface area (Å²) in [6, 6.07) is 7.61. The first kappa shape index (κ1) is 17.6. The van der Waals surface area contributed by atoms with E-state index in [1.165, 1.54) is 23.1 Å². The summed E-state index contributed by atoms with van der Waals surface area (Å²) in [6.45, 7) is 2.82. The standard InChI is InChI=1S/C15H20N4O2S2/c1-3-4-9-16-13(20)10-22-15-19-18-14(23-15)17-11-7-5-6-8-12(11)21-2/h5-8H,3-4,9-10H2,1-2H3,(H,16,20)(H,17,18). The van der Waals surface area contributed by atoms with Crippen LogP contribution in [0.3, 0.4) is 0 Å². The fraction of sp³-hybridized carbons (Fsp3) is 0.400. The summed E-state index contributed by atoms with van der Waals surface area (Å²) in [6.07, 6.45) is 2.07. The molecule has 0 atom stereocenters. The number of ether oxygens (including phenoxy) is 1. The molecule has 0 spiro atoms. The monoisotopic (exact) mass is 352 g/mol. The number of methoxy groups -OCH3 is 1. The lowest BCUT2D eigenvalue weighted by molar-refractivity contribution is -0.118. The lowest BCUT2D eigenvalue weighted by Crippen LogP contribution is -2.25. The SMILES string of the molecule is CCCCNC(=O)CSc1nnc(Nc2ccccc2OC)s1. The molecule has 6 nitrogen and oxygen atoms in total. The van der Waals surface area contributed by atoms with Crippen molar-refractivity contribution in [3.63, 3.8) is 0 Å². The Morgan fingerprint density at radius 2 is 2.17 bits per heavy atom. The number of unbranched alkanes of at least 4 members (excludes halogenated alkanes) is 1. The number of nitrogens with zero attached hydrogens (tertiary/aromatic N) is 2. The van der Waals surface area contributed by atoms with Crippen molar-refractivity contribution in [2.24, 2.45) is 0 Å². The van der Waals surface area contributed by atoms with Crippen LogP contribution in [0.2, 0.25) is 0 Å². The van der Waals surface area contributed by atoms with Crippen LogP contribution >= 0.6 is 23.1 Å². The van der Waals surface area contributed by atoms with Crippen molar-refractivity contribution >= 4 is 39.8 Å². The Morgan fingerprint density at radius 1 is 1.35 bits per heavy atom. The average molecular weight is 352 g/mol. The lowest BCUT2D eigenvalue weighted by atomic mass is 10.3. The van der Waals surface area contributed by atoms with Gasteiger partial charge in [-0.05, 0) is 18.6 Å². The Kier molecular flexibility index (Phi) is 7.15. The Hall–Kier alpha value is -1.80. The van der Waals surface area contributed by atoms with E-state index < -0.39 is 0 Å². The van der Waals surface area contributed by atoms with E-state index in [9.17, 15) is 4.79 Å². The molecular weight excluding hydrogens is 332 g/mol. The molecule has 0 unspecified atom stereocenters. The third-order valence-corrected chi connectivity index (χ3v) is 4.91. The largest absolute Gasteiger partial charge is 0.495 e. The van der Waals surface area contributed by atoms with Crippen LogP contribution in [0, 0.1) is 0 Å². The maximum absolute atomic E-state index is 11.7.